The fourth-order valence-corrected chi connectivity index (χ4v) is 2.36. The lowest BCUT2D eigenvalue weighted by Crippen LogP contribution is -2.36. The molecule has 0 bridgehead atoms. The van der Waals surface area contributed by atoms with E-state index in [1.807, 2.05) is 0 Å². The molecule has 0 aliphatic heterocycles. The third-order valence-corrected chi connectivity index (χ3v) is 3.67. The predicted octanol–water partition coefficient (Wildman–Crippen LogP) is 2.06. The second-order valence-electron chi connectivity index (χ2n) is 6.14. The van der Waals surface area contributed by atoms with Gasteiger partial charge >= 0.3 is 11.9 Å². The minimum absolute atomic E-state index is 0.00640. The second kappa shape index (κ2) is 11.2. The number of hydrogen-bond acceptors (Lipinski definition) is 6. The Morgan fingerprint density at radius 1 is 0.900 bits per heavy atom. The van der Waals surface area contributed by atoms with Crippen molar-refractivity contribution in [1.82, 2.24) is 10.6 Å². The molecule has 0 saturated carbocycles. The van der Waals surface area contributed by atoms with Crippen LogP contribution >= 0.6 is 0 Å². The molecule has 0 heterocycles. The molecule has 2 N–H and O–H groups in total. The molecule has 0 aliphatic rings. The van der Waals surface area contributed by atoms with Crippen LogP contribution in [0.4, 0.5) is 0 Å². The lowest BCUT2D eigenvalue weighted by Gasteiger charge is -2.11. The van der Waals surface area contributed by atoms with Crippen LogP contribution in [0.15, 0.2) is 60.3 Å². The quantitative estimate of drug-likeness (QED) is 0.298. The number of esters is 2. The van der Waals surface area contributed by atoms with E-state index in [-0.39, 0.29) is 18.8 Å². The first-order chi connectivity index (χ1) is 14.3. The summed E-state index contributed by atoms with van der Waals surface area (Å²) in [6, 6.07) is 14.9. The molecule has 0 spiro atoms. The van der Waals surface area contributed by atoms with Crippen LogP contribution in [-0.4, -0.2) is 36.9 Å². The highest BCUT2D eigenvalue weighted by Gasteiger charge is 2.14. The van der Waals surface area contributed by atoms with Crippen LogP contribution in [-0.2, 0) is 19.1 Å². The summed E-state index contributed by atoms with van der Waals surface area (Å²) in [4.78, 5) is 46.9. The predicted molar refractivity (Wildman–Crippen MR) is 109 cm³/mol. The Balaban J connectivity index is 2.17. The average molecular weight is 410 g/mol. The zero-order chi connectivity index (χ0) is 21.9. The van der Waals surface area contributed by atoms with Gasteiger partial charge < -0.3 is 20.1 Å². The topological polar surface area (TPSA) is 111 Å². The molecule has 0 unspecified atom stereocenters. The van der Waals surface area contributed by atoms with Crippen molar-refractivity contribution in [2.75, 3.05) is 13.2 Å². The lowest BCUT2D eigenvalue weighted by molar-refractivity contribution is -0.141. The summed E-state index contributed by atoms with van der Waals surface area (Å²) < 4.78 is 9.76. The summed E-state index contributed by atoms with van der Waals surface area (Å²) in [6.07, 6.45) is 1.49. The van der Waals surface area contributed by atoms with Crippen LogP contribution in [0.1, 0.15) is 29.8 Å². The van der Waals surface area contributed by atoms with Gasteiger partial charge in [0.1, 0.15) is 18.1 Å². The van der Waals surface area contributed by atoms with Gasteiger partial charge in [-0.05, 0) is 35.9 Å². The summed E-state index contributed by atoms with van der Waals surface area (Å²) in [6.45, 7) is 2.67. The van der Waals surface area contributed by atoms with Gasteiger partial charge in [-0.1, -0.05) is 30.3 Å². The van der Waals surface area contributed by atoms with Gasteiger partial charge in [-0.25, -0.2) is 0 Å². The highest BCUT2D eigenvalue weighted by molar-refractivity contribution is 6.05. The van der Waals surface area contributed by atoms with Gasteiger partial charge in [-0.3, -0.25) is 19.2 Å². The summed E-state index contributed by atoms with van der Waals surface area (Å²) in [5.41, 5.74) is 0.998. The van der Waals surface area contributed by atoms with E-state index >= 15 is 0 Å². The van der Waals surface area contributed by atoms with Crippen molar-refractivity contribution in [2.45, 2.75) is 13.8 Å². The number of benzene rings is 2. The largest absolute Gasteiger partial charge is 0.464 e. The van der Waals surface area contributed by atoms with Gasteiger partial charge in [0.05, 0.1) is 6.54 Å². The molecular weight excluding hydrogens is 388 g/mol. The van der Waals surface area contributed by atoms with E-state index in [0.29, 0.717) is 16.9 Å². The van der Waals surface area contributed by atoms with Crippen LogP contribution in [0, 0.1) is 0 Å². The average Bonchev–Trinajstić information content (AvgIpc) is 2.72. The first kappa shape index (κ1) is 22.4. The molecular formula is C22H22N2O6. The van der Waals surface area contributed by atoms with Gasteiger partial charge in [0, 0.05) is 19.4 Å². The summed E-state index contributed by atoms with van der Waals surface area (Å²) >= 11 is 0. The molecule has 8 nitrogen and oxygen atoms in total. The summed E-state index contributed by atoms with van der Waals surface area (Å²) in [7, 11) is 0. The molecule has 2 rings (SSSR count). The van der Waals surface area contributed by atoms with E-state index in [1.165, 1.54) is 19.9 Å². The normalized spacial score (nSPS) is 10.7. The van der Waals surface area contributed by atoms with Gasteiger partial charge in [0.2, 0.25) is 0 Å². The molecule has 0 fully saturated rings. The van der Waals surface area contributed by atoms with E-state index in [2.05, 4.69) is 10.6 Å². The van der Waals surface area contributed by atoms with Crippen molar-refractivity contribution in [2.24, 2.45) is 0 Å². The Kier molecular flexibility index (Phi) is 8.31. The zero-order valence-corrected chi connectivity index (χ0v) is 16.6. The SMILES string of the molecule is CC(=O)OCCNC(=O)/C(=C\c1ccc(OC(C)=O)cc1)NC(=O)c1ccccc1. The smallest absolute Gasteiger partial charge is 0.308 e. The van der Waals surface area contributed by atoms with Crippen molar-refractivity contribution in [3.63, 3.8) is 0 Å². The van der Waals surface area contributed by atoms with Crippen LogP contribution in [0.3, 0.4) is 0 Å². The van der Waals surface area contributed by atoms with Crippen LogP contribution in [0.25, 0.3) is 6.08 Å². The van der Waals surface area contributed by atoms with Crippen molar-refractivity contribution in [3.05, 3.63) is 71.4 Å². The van der Waals surface area contributed by atoms with Crippen molar-refractivity contribution >= 4 is 29.8 Å². The van der Waals surface area contributed by atoms with Gasteiger partial charge in [0.25, 0.3) is 11.8 Å². The Hall–Kier alpha value is -3.94. The van der Waals surface area contributed by atoms with Crippen molar-refractivity contribution < 1.29 is 28.7 Å². The first-order valence-corrected chi connectivity index (χ1v) is 9.13. The van der Waals surface area contributed by atoms with Crippen molar-refractivity contribution in [1.29, 1.82) is 0 Å². The fourth-order valence-electron chi connectivity index (χ4n) is 2.36. The van der Waals surface area contributed by atoms with E-state index in [9.17, 15) is 19.2 Å². The van der Waals surface area contributed by atoms with E-state index in [0.717, 1.165) is 0 Å². The van der Waals surface area contributed by atoms with Crippen molar-refractivity contribution in [3.8, 4) is 5.75 Å². The Morgan fingerprint density at radius 3 is 2.17 bits per heavy atom. The number of hydrogen-bond donors (Lipinski definition) is 2. The molecule has 0 aliphatic carbocycles. The maximum atomic E-state index is 12.6. The highest BCUT2D eigenvalue weighted by Crippen LogP contribution is 2.15. The number of carbonyl (C=O) groups is 4. The third kappa shape index (κ3) is 7.59. The van der Waals surface area contributed by atoms with E-state index in [4.69, 9.17) is 9.47 Å². The molecule has 2 aromatic rings. The number of carbonyl (C=O) groups excluding carboxylic acids is 4. The highest BCUT2D eigenvalue weighted by atomic mass is 16.5. The standard InChI is InChI=1S/C22H22N2O6/c1-15(25)29-13-12-23-22(28)20(24-21(27)18-6-4-3-5-7-18)14-17-8-10-19(11-9-17)30-16(2)26/h3-11,14H,12-13H2,1-2H3,(H,23,28)(H,24,27)/b20-14+. The first-order valence-electron chi connectivity index (χ1n) is 9.13. The Bertz CT molecular complexity index is 936. The molecule has 2 amide bonds. The number of ether oxygens (including phenoxy) is 2. The molecule has 156 valence electrons. The maximum Gasteiger partial charge on any atom is 0.308 e. The second-order valence-corrected chi connectivity index (χ2v) is 6.14. The molecule has 0 saturated heterocycles. The molecule has 8 heteroatoms. The minimum Gasteiger partial charge on any atom is -0.464 e. The van der Waals surface area contributed by atoms with Crippen LogP contribution < -0.4 is 15.4 Å². The van der Waals surface area contributed by atoms with Crippen LogP contribution in [0.2, 0.25) is 0 Å². The van der Waals surface area contributed by atoms with Gasteiger partial charge in [0.15, 0.2) is 0 Å². The number of amides is 2. The van der Waals surface area contributed by atoms with Gasteiger partial charge in [-0.2, -0.15) is 0 Å². The fraction of sp³-hybridized carbons (Fsp3) is 0.182. The Morgan fingerprint density at radius 2 is 1.57 bits per heavy atom. The summed E-state index contributed by atoms with van der Waals surface area (Å²) in [5, 5.41) is 5.18. The maximum absolute atomic E-state index is 12.6. The zero-order valence-electron chi connectivity index (χ0n) is 16.6. The molecule has 0 atom stereocenters. The monoisotopic (exact) mass is 410 g/mol. The van der Waals surface area contributed by atoms with Gasteiger partial charge in [-0.15, -0.1) is 0 Å². The molecule has 0 radical (unpaired) electrons. The summed E-state index contributed by atoms with van der Waals surface area (Å²) in [5.74, 6) is -1.53. The van der Waals surface area contributed by atoms with E-state index in [1.54, 1.807) is 54.6 Å². The molecule has 30 heavy (non-hydrogen) atoms. The number of rotatable bonds is 8. The molecule has 2 aromatic carbocycles. The molecule has 0 aromatic heterocycles. The third-order valence-electron chi connectivity index (χ3n) is 3.67. The van der Waals surface area contributed by atoms with E-state index < -0.39 is 23.8 Å². The number of nitrogens with one attached hydrogen (secondary N) is 2. The lowest BCUT2D eigenvalue weighted by atomic mass is 10.1. The Labute approximate surface area is 173 Å². The van der Waals surface area contributed by atoms with Crippen LogP contribution in [0.5, 0.6) is 5.75 Å². The minimum atomic E-state index is -0.546.